The molecule has 1 atom stereocenters. The summed E-state index contributed by atoms with van der Waals surface area (Å²) in [6.45, 7) is 0. The zero-order chi connectivity index (χ0) is 19.7. The molecule has 0 aliphatic carbocycles. The third-order valence-corrected chi connectivity index (χ3v) is 4.26. The summed E-state index contributed by atoms with van der Waals surface area (Å²) in [5.41, 5.74) is -3.70. The summed E-state index contributed by atoms with van der Waals surface area (Å²) in [6.07, 6.45) is -4.93. The molecule has 0 saturated heterocycles. The molecule has 7 heteroatoms. The molecule has 1 aromatic heterocycles. The van der Waals surface area contributed by atoms with Gasteiger partial charge in [-0.15, -0.1) is 0 Å². The molecule has 0 fully saturated rings. The van der Waals surface area contributed by atoms with Crippen LogP contribution >= 0.6 is 0 Å². The topological polar surface area (TPSA) is 33.1 Å². The van der Waals surface area contributed by atoms with Crippen LogP contribution in [0.2, 0.25) is 0 Å². The third-order valence-electron chi connectivity index (χ3n) is 4.26. The Hall–Kier alpha value is -2.80. The van der Waals surface area contributed by atoms with E-state index in [0.717, 1.165) is 30.0 Å². The minimum absolute atomic E-state index is 0.608. The van der Waals surface area contributed by atoms with Crippen molar-refractivity contribution < 1.29 is 27.1 Å². The van der Waals surface area contributed by atoms with E-state index in [4.69, 9.17) is 0 Å². The Morgan fingerprint density at radius 3 is 1.74 bits per heavy atom. The highest BCUT2D eigenvalue weighted by Crippen LogP contribution is 2.51. The van der Waals surface area contributed by atoms with E-state index < -0.39 is 29.0 Å². The Morgan fingerprint density at radius 2 is 1.22 bits per heavy atom. The average molecular weight is 379 g/mol. The van der Waals surface area contributed by atoms with Crippen molar-refractivity contribution in [1.29, 1.82) is 0 Å². The largest absolute Gasteiger partial charge is 0.457 e. The van der Waals surface area contributed by atoms with Gasteiger partial charge in [-0.3, -0.25) is 4.98 Å². The van der Waals surface area contributed by atoms with E-state index in [1.54, 1.807) is 30.3 Å². The zero-order valence-electron chi connectivity index (χ0n) is 13.8. The normalized spacial score (nSPS) is 14.6. The fraction of sp³-hybridized carbons (Fsp3) is 0.150. The molecule has 0 bridgehead atoms. The predicted octanol–water partition coefficient (Wildman–Crippen LogP) is 5.18. The predicted molar refractivity (Wildman–Crippen MR) is 90.1 cm³/mol. The summed E-state index contributed by atoms with van der Waals surface area (Å²) in [7, 11) is 0. The van der Waals surface area contributed by atoms with Crippen LogP contribution in [0.15, 0.2) is 79.0 Å². The fourth-order valence-corrected chi connectivity index (χ4v) is 2.81. The quantitative estimate of drug-likeness (QED) is 0.634. The number of aliphatic hydroxyl groups is 1. The van der Waals surface area contributed by atoms with Crippen molar-refractivity contribution in [3.8, 4) is 11.1 Å². The number of halogens is 5. The maximum Gasteiger partial charge on any atom is 0.457 e. The van der Waals surface area contributed by atoms with Gasteiger partial charge < -0.3 is 5.11 Å². The Balaban J connectivity index is 2.15. The van der Waals surface area contributed by atoms with Crippen molar-refractivity contribution in [2.45, 2.75) is 17.7 Å². The molecule has 0 spiro atoms. The van der Waals surface area contributed by atoms with Crippen molar-refractivity contribution in [2.24, 2.45) is 0 Å². The van der Waals surface area contributed by atoms with E-state index in [2.05, 4.69) is 4.98 Å². The van der Waals surface area contributed by atoms with Crippen LogP contribution in [0.3, 0.4) is 0 Å². The molecule has 0 aliphatic rings. The second-order valence-electron chi connectivity index (χ2n) is 5.94. The SMILES string of the molecule is OC(c1ccc(-c2ccccc2)cc1)(c1ccccn1)C(F)(F)C(F)(F)F. The molecule has 1 unspecified atom stereocenters. The molecule has 0 aliphatic heterocycles. The van der Waals surface area contributed by atoms with Gasteiger partial charge in [0.1, 0.15) is 0 Å². The van der Waals surface area contributed by atoms with Gasteiger partial charge in [0.2, 0.25) is 5.60 Å². The maximum absolute atomic E-state index is 14.4. The van der Waals surface area contributed by atoms with Crippen LogP contribution in [-0.2, 0) is 5.60 Å². The van der Waals surface area contributed by atoms with Gasteiger partial charge in [0, 0.05) is 6.20 Å². The van der Waals surface area contributed by atoms with Crippen LogP contribution in [0.1, 0.15) is 11.3 Å². The standard InChI is InChI=1S/C20H14F5NO/c21-19(22,20(23,24)25)18(27,17-8-4-5-13-26-17)16-11-9-15(10-12-16)14-6-2-1-3-7-14/h1-13,27H. The molecule has 1 heterocycles. The second-order valence-corrected chi connectivity index (χ2v) is 5.94. The summed E-state index contributed by atoms with van der Waals surface area (Å²) < 4.78 is 68.0. The molecular weight excluding hydrogens is 365 g/mol. The minimum atomic E-state index is -5.97. The molecule has 1 N–H and O–H groups in total. The fourth-order valence-electron chi connectivity index (χ4n) is 2.81. The van der Waals surface area contributed by atoms with E-state index in [0.29, 0.717) is 5.56 Å². The van der Waals surface area contributed by atoms with Crippen LogP contribution in [0.4, 0.5) is 22.0 Å². The molecule has 2 aromatic carbocycles. The van der Waals surface area contributed by atoms with E-state index >= 15 is 0 Å². The van der Waals surface area contributed by atoms with E-state index in [-0.39, 0.29) is 0 Å². The van der Waals surface area contributed by atoms with Crippen molar-refractivity contribution in [3.63, 3.8) is 0 Å². The number of alkyl halides is 5. The first-order valence-electron chi connectivity index (χ1n) is 7.92. The lowest BCUT2D eigenvalue weighted by Crippen LogP contribution is -2.56. The van der Waals surface area contributed by atoms with Gasteiger partial charge >= 0.3 is 12.1 Å². The number of hydrogen-bond acceptors (Lipinski definition) is 2. The Kier molecular flexibility index (Phi) is 4.73. The summed E-state index contributed by atoms with van der Waals surface area (Å²) in [5.74, 6) is -5.46. The van der Waals surface area contributed by atoms with Crippen molar-refractivity contribution >= 4 is 0 Å². The number of benzene rings is 2. The lowest BCUT2D eigenvalue weighted by Gasteiger charge is -2.36. The summed E-state index contributed by atoms with van der Waals surface area (Å²) in [4.78, 5) is 3.56. The van der Waals surface area contributed by atoms with Crippen LogP contribution in [-0.4, -0.2) is 22.2 Å². The first kappa shape index (κ1) is 19.0. The van der Waals surface area contributed by atoms with E-state index in [1.165, 1.54) is 24.3 Å². The van der Waals surface area contributed by atoms with Crippen LogP contribution in [0.5, 0.6) is 0 Å². The first-order valence-corrected chi connectivity index (χ1v) is 7.92. The molecule has 3 rings (SSSR count). The summed E-state index contributed by atoms with van der Waals surface area (Å²) in [5, 5.41) is 10.6. The van der Waals surface area contributed by atoms with E-state index in [9.17, 15) is 27.1 Å². The van der Waals surface area contributed by atoms with Gasteiger partial charge in [-0.25, -0.2) is 0 Å². The Labute approximate surface area is 151 Å². The van der Waals surface area contributed by atoms with Crippen LogP contribution in [0, 0.1) is 0 Å². The van der Waals surface area contributed by atoms with Gasteiger partial charge in [-0.2, -0.15) is 22.0 Å². The highest BCUT2D eigenvalue weighted by Gasteiger charge is 2.71. The summed E-state index contributed by atoms with van der Waals surface area (Å²) >= 11 is 0. The number of rotatable bonds is 4. The van der Waals surface area contributed by atoms with Gasteiger partial charge in [0.05, 0.1) is 5.69 Å². The number of aromatic nitrogens is 1. The number of pyridine rings is 1. The van der Waals surface area contributed by atoms with Crippen molar-refractivity contribution in [2.75, 3.05) is 0 Å². The van der Waals surface area contributed by atoms with Gasteiger partial charge in [0.15, 0.2) is 0 Å². The van der Waals surface area contributed by atoms with Gasteiger partial charge in [-0.05, 0) is 28.8 Å². The van der Waals surface area contributed by atoms with Crippen molar-refractivity contribution in [1.82, 2.24) is 4.98 Å². The van der Waals surface area contributed by atoms with E-state index in [1.807, 2.05) is 0 Å². The molecule has 0 radical (unpaired) electrons. The third kappa shape index (κ3) is 3.19. The van der Waals surface area contributed by atoms with Gasteiger partial charge in [0.25, 0.3) is 0 Å². The molecule has 27 heavy (non-hydrogen) atoms. The molecule has 0 saturated carbocycles. The molecule has 0 amide bonds. The summed E-state index contributed by atoms with van der Waals surface area (Å²) in [6, 6.07) is 17.3. The maximum atomic E-state index is 14.4. The average Bonchev–Trinajstić information content (AvgIpc) is 2.68. The molecule has 3 aromatic rings. The first-order chi connectivity index (χ1) is 12.7. The van der Waals surface area contributed by atoms with Crippen LogP contribution in [0.25, 0.3) is 11.1 Å². The molecule has 140 valence electrons. The Bertz CT molecular complexity index is 895. The van der Waals surface area contributed by atoms with Crippen LogP contribution < -0.4 is 0 Å². The van der Waals surface area contributed by atoms with Gasteiger partial charge in [-0.1, -0.05) is 60.7 Å². The molecular formula is C20H14F5NO. The number of nitrogens with zero attached hydrogens (tertiary/aromatic N) is 1. The zero-order valence-corrected chi connectivity index (χ0v) is 13.8. The lowest BCUT2D eigenvalue weighted by atomic mass is 9.82. The monoisotopic (exact) mass is 379 g/mol. The van der Waals surface area contributed by atoms with Crippen molar-refractivity contribution in [3.05, 3.63) is 90.3 Å². The lowest BCUT2D eigenvalue weighted by molar-refractivity contribution is -0.337. The second kappa shape index (κ2) is 6.74. The smallest absolute Gasteiger partial charge is 0.373 e. The number of hydrogen-bond donors (Lipinski definition) is 1. The highest BCUT2D eigenvalue weighted by atomic mass is 19.4. The molecule has 2 nitrogen and oxygen atoms in total. The Morgan fingerprint density at radius 1 is 0.667 bits per heavy atom. The minimum Gasteiger partial charge on any atom is -0.373 e. The highest BCUT2D eigenvalue weighted by molar-refractivity contribution is 5.64.